The summed E-state index contributed by atoms with van der Waals surface area (Å²) >= 11 is 6.27. The molecule has 1 aliphatic heterocycles. The molecule has 0 atom stereocenters. The predicted molar refractivity (Wildman–Crippen MR) is 149 cm³/mol. The summed E-state index contributed by atoms with van der Waals surface area (Å²) in [5.74, 6) is -0.174. The molecule has 1 N–H and O–H groups in total. The first kappa shape index (κ1) is 28.7. The number of halogens is 1. The maximum Gasteiger partial charge on any atom is 0.264 e. The van der Waals surface area contributed by atoms with Gasteiger partial charge in [-0.15, -0.1) is 0 Å². The van der Waals surface area contributed by atoms with Crippen molar-refractivity contribution in [2.24, 2.45) is 0 Å². The van der Waals surface area contributed by atoms with Gasteiger partial charge in [-0.2, -0.15) is 4.31 Å². The molecule has 0 saturated carbocycles. The zero-order valence-electron chi connectivity index (χ0n) is 21.3. The number of methoxy groups -OCH3 is 2. The largest absolute Gasteiger partial charge is 0.495 e. The number of carbonyl (C=O) groups is 1. The summed E-state index contributed by atoms with van der Waals surface area (Å²) in [6.07, 6.45) is 1.56. The number of benzene rings is 3. The van der Waals surface area contributed by atoms with Crippen molar-refractivity contribution < 1.29 is 31.1 Å². The van der Waals surface area contributed by atoms with E-state index < -0.39 is 32.5 Å². The summed E-state index contributed by atoms with van der Waals surface area (Å²) < 4.78 is 66.1. The number of anilines is 2. The van der Waals surface area contributed by atoms with Gasteiger partial charge in [0.05, 0.1) is 40.4 Å². The van der Waals surface area contributed by atoms with E-state index in [4.69, 9.17) is 21.1 Å². The lowest BCUT2D eigenvalue weighted by atomic mass is 10.2. The molecule has 1 fully saturated rings. The summed E-state index contributed by atoms with van der Waals surface area (Å²) in [6.45, 7) is 0.214. The fourth-order valence-electron chi connectivity index (χ4n) is 4.19. The van der Waals surface area contributed by atoms with E-state index in [2.05, 4.69) is 5.32 Å². The Balaban J connectivity index is 1.68. The van der Waals surface area contributed by atoms with Gasteiger partial charge in [0, 0.05) is 13.1 Å². The van der Waals surface area contributed by atoms with E-state index in [9.17, 15) is 21.6 Å². The maximum atomic E-state index is 13.6. The van der Waals surface area contributed by atoms with Crippen molar-refractivity contribution in [3.8, 4) is 11.5 Å². The van der Waals surface area contributed by atoms with Crippen LogP contribution in [0.15, 0.2) is 76.5 Å². The highest BCUT2D eigenvalue weighted by Crippen LogP contribution is 2.33. The third-order valence-electron chi connectivity index (χ3n) is 6.19. The van der Waals surface area contributed by atoms with Crippen LogP contribution in [0.25, 0.3) is 0 Å². The topological polar surface area (TPSA) is 122 Å². The van der Waals surface area contributed by atoms with E-state index in [0.29, 0.717) is 18.8 Å². The molecule has 0 aliphatic carbocycles. The molecule has 4 rings (SSSR count). The van der Waals surface area contributed by atoms with Gasteiger partial charge in [0.15, 0.2) is 0 Å². The smallest absolute Gasteiger partial charge is 0.264 e. The Hall–Kier alpha value is -3.32. The molecule has 1 saturated heterocycles. The molecule has 10 nitrogen and oxygen atoms in total. The first-order valence-corrected chi connectivity index (χ1v) is 15.2. The second-order valence-electron chi connectivity index (χ2n) is 8.67. The summed E-state index contributed by atoms with van der Waals surface area (Å²) in [7, 11) is -5.15. The zero-order valence-corrected chi connectivity index (χ0v) is 23.7. The fourth-order valence-corrected chi connectivity index (χ4v) is 7.42. The molecule has 0 radical (unpaired) electrons. The van der Waals surface area contributed by atoms with Crippen LogP contribution >= 0.6 is 11.6 Å². The van der Waals surface area contributed by atoms with Gasteiger partial charge >= 0.3 is 0 Å². The lowest BCUT2D eigenvalue weighted by Crippen LogP contribution is -2.38. The first-order valence-electron chi connectivity index (χ1n) is 12.0. The Morgan fingerprint density at radius 3 is 2.15 bits per heavy atom. The number of nitrogens with one attached hydrogen (secondary N) is 1. The van der Waals surface area contributed by atoms with Crippen molar-refractivity contribution in [1.29, 1.82) is 0 Å². The Kier molecular flexibility index (Phi) is 8.70. The SMILES string of the molecule is COc1ccc(N(CC(=O)Nc2cc(S(=O)(=O)N3CCCC3)ccc2OC)S(=O)(=O)c2ccccc2)cc1Cl. The molecule has 0 spiro atoms. The van der Waals surface area contributed by atoms with Crippen LogP contribution in [0, 0.1) is 0 Å². The van der Waals surface area contributed by atoms with E-state index in [1.807, 2.05) is 0 Å². The molecule has 1 amide bonds. The molecule has 3 aromatic carbocycles. The molecule has 13 heteroatoms. The molecule has 39 heavy (non-hydrogen) atoms. The number of nitrogens with zero attached hydrogens (tertiary/aromatic N) is 2. The third kappa shape index (κ3) is 6.14. The molecule has 0 bridgehead atoms. The monoisotopic (exact) mass is 593 g/mol. The average molecular weight is 594 g/mol. The van der Waals surface area contributed by atoms with Crippen LogP contribution in [0.4, 0.5) is 11.4 Å². The quantitative estimate of drug-likeness (QED) is 0.377. The van der Waals surface area contributed by atoms with Crippen LogP contribution in [-0.2, 0) is 24.8 Å². The number of hydrogen-bond donors (Lipinski definition) is 1. The second kappa shape index (κ2) is 11.8. The van der Waals surface area contributed by atoms with E-state index >= 15 is 0 Å². The van der Waals surface area contributed by atoms with Crippen LogP contribution in [0.1, 0.15) is 12.8 Å². The van der Waals surface area contributed by atoms with E-state index in [0.717, 1.165) is 17.1 Å². The van der Waals surface area contributed by atoms with E-state index in [-0.39, 0.29) is 31.9 Å². The van der Waals surface area contributed by atoms with Gasteiger partial charge in [-0.3, -0.25) is 9.10 Å². The van der Waals surface area contributed by atoms with Crippen molar-refractivity contribution in [2.45, 2.75) is 22.6 Å². The van der Waals surface area contributed by atoms with Gasteiger partial charge < -0.3 is 14.8 Å². The Labute approximate surface area is 233 Å². The van der Waals surface area contributed by atoms with Gasteiger partial charge in [-0.1, -0.05) is 29.8 Å². The minimum Gasteiger partial charge on any atom is -0.495 e. The second-order valence-corrected chi connectivity index (χ2v) is 12.9. The number of ether oxygens (including phenoxy) is 2. The van der Waals surface area contributed by atoms with Gasteiger partial charge in [0.2, 0.25) is 15.9 Å². The zero-order chi connectivity index (χ0) is 28.2. The Bertz CT molecular complexity index is 1560. The lowest BCUT2D eigenvalue weighted by Gasteiger charge is -2.25. The van der Waals surface area contributed by atoms with Crippen LogP contribution in [0.2, 0.25) is 5.02 Å². The summed E-state index contributed by atoms with van der Waals surface area (Å²) in [4.78, 5) is 13.2. The van der Waals surface area contributed by atoms with Crippen LogP contribution in [0.3, 0.4) is 0 Å². The molecular formula is C26H28ClN3O7S2. The number of carbonyl (C=O) groups excluding carboxylic acids is 1. The number of rotatable bonds is 10. The Morgan fingerprint density at radius 2 is 1.54 bits per heavy atom. The minimum atomic E-state index is -4.20. The highest BCUT2D eigenvalue weighted by atomic mass is 35.5. The number of amides is 1. The standard InChI is InChI=1S/C26H28ClN3O7S2/c1-36-24-12-10-19(16-22(24)27)30(39(34,35)20-8-4-3-5-9-20)18-26(31)28-23-17-21(11-13-25(23)37-2)38(32,33)29-14-6-7-15-29/h3-5,8-13,16-17H,6-7,14-15,18H2,1-2H3,(H,28,31). The minimum absolute atomic E-state index is 0.00352. The highest BCUT2D eigenvalue weighted by Gasteiger charge is 2.30. The first-order chi connectivity index (χ1) is 18.6. The summed E-state index contributed by atoms with van der Waals surface area (Å²) in [6, 6.07) is 16.2. The third-order valence-corrected chi connectivity index (χ3v) is 10.2. The molecule has 1 heterocycles. The van der Waals surface area contributed by atoms with Crippen molar-refractivity contribution in [1.82, 2.24) is 4.31 Å². The van der Waals surface area contributed by atoms with Crippen LogP contribution in [0.5, 0.6) is 11.5 Å². The summed E-state index contributed by atoms with van der Waals surface area (Å²) in [5.41, 5.74) is 0.227. The van der Waals surface area contributed by atoms with Gasteiger partial charge in [-0.25, -0.2) is 16.8 Å². The van der Waals surface area contributed by atoms with Crippen molar-refractivity contribution in [3.63, 3.8) is 0 Å². The van der Waals surface area contributed by atoms with Crippen LogP contribution < -0.4 is 19.1 Å². The van der Waals surface area contributed by atoms with Gasteiger partial charge in [0.25, 0.3) is 10.0 Å². The van der Waals surface area contributed by atoms with Gasteiger partial charge in [0.1, 0.15) is 18.0 Å². The molecule has 1 aliphatic rings. The number of hydrogen-bond acceptors (Lipinski definition) is 7. The molecular weight excluding hydrogens is 566 g/mol. The average Bonchev–Trinajstić information content (AvgIpc) is 3.48. The highest BCUT2D eigenvalue weighted by molar-refractivity contribution is 7.92. The molecule has 0 aromatic heterocycles. The predicted octanol–water partition coefficient (Wildman–Crippen LogP) is 3.98. The van der Waals surface area contributed by atoms with E-state index in [1.54, 1.807) is 18.2 Å². The van der Waals surface area contributed by atoms with Crippen molar-refractivity contribution in [3.05, 3.63) is 71.8 Å². The fraction of sp³-hybridized carbons (Fsp3) is 0.269. The lowest BCUT2D eigenvalue weighted by molar-refractivity contribution is -0.114. The maximum absolute atomic E-state index is 13.6. The molecule has 0 unspecified atom stereocenters. The molecule has 3 aromatic rings. The van der Waals surface area contributed by atoms with Crippen LogP contribution in [-0.4, -0.2) is 60.9 Å². The molecule has 208 valence electrons. The van der Waals surface area contributed by atoms with E-state index in [1.165, 1.54) is 67.1 Å². The summed E-state index contributed by atoms with van der Waals surface area (Å²) in [5, 5.41) is 2.77. The number of sulfonamides is 2. The van der Waals surface area contributed by atoms with Crippen molar-refractivity contribution >= 4 is 48.9 Å². The van der Waals surface area contributed by atoms with Gasteiger partial charge in [-0.05, 0) is 61.4 Å². The van der Waals surface area contributed by atoms with Crippen molar-refractivity contribution in [2.75, 3.05) is 43.5 Å². The Morgan fingerprint density at radius 1 is 0.897 bits per heavy atom. The normalized spacial score (nSPS) is 14.1.